The van der Waals surface area contributed by atoms with Gasteiger partial charge >= 0.3 is 11.7 Å². The summed E-state index contributed by atoms with van der Waals surface area (Å²) in [6, 6.07) is 3.77. The van der Waals surface area contributed by atoms with Crippen LogP contribution >= 0.6 is 0 Å². The first-order valence-electron chi connectivity index (χ1n) is 5.19. The van der Waals surface area contributed by atoms with E-state index in [1.165, 1.54) is 12.1 Å². The summed E-state index contributed by atoms with van der Waals surface area (Å²) in [4.78, 5) is 21.2. The molecule has 0 unspecified atom stereocenters. The molecule has 0 spiro atoms. The molecule has 1 aliphatic rings. The molecule has 17 heavy (non-hydrogen) atoms. The van der Waals surface area contributed by atoms with Gasteiger partial charge in [0.05, 0.1) is 10.3 Å². The van der Waals surface area contributed by atoms with Crippen molar-refractivity contribution < 1.29 is 19.9 Å². The van der Waals surface area contributed by atoms with Crippen LogP contribution in [0.5, 0.6) is 5.75 Å². The molecule has 0 amide bonds. The van der Waals surface area contributed by atoms with Crippen molar-refractivity contribution in [2.75, 3.05) is 0 Å². The van der Waals surface area contributed by atoms with Gasteiger partial charge in [-0.1, -0.05) is 12.5 Å². The van der Waals surface area contributed by atoms with Crippen molar-refractivity contribution in [3.8, 4) is 5.75 Å². The second kappa shape index (κ2) is 3.73. The number of aliphatic carboxylic acids is 1. The molecule has 1 fully saturated rings. The largest absolute Gasteiger partial charge is 0.502 e. The van der Waals surface area contributed by atoms with Crippen molar-refractivity contribution in [3.63, 3.8) is 0 Å². The number of nitro groups is 1. The number of rotatable bonds is 3. The Morgan fingerprint density at radius 1 is 1.41 bits per heavy atom. The van der Waals surface area contributed by atoms with Crippen molar-refractivity contribution in [2.24, 2.45) is 0 Å². The van der Waals surface area contributed by atoms with Gasteiger partial charge in [0.15, 0.2) is 5.75 Å². The summed E-state index contributed by atoms with van der Waals surface area (Å²) in [5.41, 5.74) is -1.07. The summed E-state index contributed by atoms with van der Waals surface area (Å²) in [5, 5.41) is 29.2. The average molecular weight is 237 g/mol. The molecule has 0 heterocycles. The van der Waals surface area contributed by atoms with Crippen molar-refractivity contribution in [1.82, 2.24) is 0 Å². The van der Waals surface area contributed by atoms with E-state index in [1.54, 1.807) is 0 Å². The molecule has 1 aromatic rings. The molecule has 6 heteroatoms. The maximum atomic E-state index is 11.2. The summed E-state index contributed by atoms with van der Waals surface area (Å²) in [6.07, 6.45) is 1.75. The molecule has 0 aromatic heterocycles. The molecular formula is C11H11NO5. The number of hydrogen-bond acceptors (Lipinski definition) is 4. The van der Waals surface area contributed by atoms with E-state index in [0.717, 1.165) is 12.5 Å². The Morgan fingerprint density at radius 3 is 2.47 bits per heavy atom. The van der Waals surface area contributed by atoms with Crippen molar-refractivity contribution >= 4 is 11.7 Å². The van der Waals surface area contributed by atoms with Crippen LogP contribution in [0.2, 0.25) is 0 Å². The van der Waals surface area contributed by atoms with Crippen LogP contribution in [0.15, 0.2) is 18.2 Å². The summed E-state index contributed by atoms with van der Waals surface area (Å²) in [5.74, 6) is -1.41. The van der Waals surface area contributed by atoms with E-state index in [0.29, 0.717) is 18.4 Å². The molecule has 0 aliphatic heterocycles. The number of phenolic OH excluding ortho intramolecular Hbond substituents is 1. The second-order valence-corrected chi connectivity index (χ2v) is 4.20. The molecule has 90 valence electrons. The highest BCUT2D eigenvalue weighted by atomic mass is 16.6. The topological polar surface area (TPSA) is 101 Å². The number of hydrogen-bond donors (Lipinski definition) is 2. The van der Waals surface area contributed by atoms with Crippen LogP contribution in [0.3, 0.4) is 0 Å². The van der Waals surface area contributed by atoms with E-state index in [4.69, 9.17) is 0 Å². The van der Waals surface area contributed by atoms with Gasteiger partial charge in [-0.15, -0.1) is 0 Å². The standard InChI is InChI=1S/C11H11NO5/c13-9-3-2-7(6-8(9)12(16)17)11(10(14)15)4-1-5-11/h2-3,6,13H,1,4-5H2,(H,14,15). The number of benzene rings is 1. The zero-order valence-corrected chi connectivity index (χ0v) is 8.92. The maximum Gasteiger partial charge on any atom is 0.314 e. The number of carbonyl (C=O) groups is 1. The molecule has 1 saturated carbocycles. The fourth-order valence-corrected chi connectivity index (χ4v) is 2.12. The van der Waals surface area contributed by atoms with Gasteiger partial charge in [0.25, 0.3) is 0 Å². The van der Waals surface area contributed by atoms with Gasteiger partial charge in [0, 0.05) is 6.07 Å². The van der Waals surface area contributed by atoms with E-state index < -0.39 is 27.7 Å². The lowest BCUT2D eigenvalue weighted by molar-refractivity contribution is -0.386. The fraction of sp³-hybridized carbons (Fsp3) is 0.364. The van der Waals surface area contributed by atoms with Gasteiger partial charge in [-0.3, -0.25) is 14.9 Å². The Bertz CT molecular complexity index is 493. The predicted molar refractivity (Wildman–Crippen MR) is 57.9 cm³/mol. The van der Waals surface area contributed by atoms with E-state index in [-0.39, 0.29) is 0 Å². The summed E-state index contributed by atoms with van der Waals surface area (Å²) in [7, 11) is 0. The zero-order chi connectivity index (χ0) is 12.6. The molecule has 0 radical (unpaired) electrons. The van der Waals surface area contributed by atoms with Gasteiger partial charge in [-0.2, -0.15) is 0 Å². The monoisotopic (exact) mass is 237 g/mol. The first kappa shape index (κ1) is 11.4. The van der Waals surface area contributed by atoms with Gasteiger partial charge in [-0.05, 0) is 24.5 Å². The molecule has 1 aliphatic carbocycles. The third-order valence-electron chi connectivity index (χ3n) is 3.34. The van der Waals surface area contributed by atoms with Gasteiger partial charge in [-0.25, -0.2) is 0 Å². The number of phenols is 1. The molecule has 0 atom stereocenters. The van der Waals surface area contributed by atoms with E-state index in [2.05, 4.69) is 0 Å². The first-order valence-corrected chi connectivity index (χ1v) is 5.19. The third kappa shape index (κ3) is 1.61. The van der Waals surface area contributed by atoms with Crippen LogP contribution in [0.25, 0.3) is 0 Å². The Morgan fingerprint density at radius 2 is 2.06 bits per heavy atom. The lowest BCUT2D eigenvalue weighted by Gasteiger charge is -2.37. The molecule has 2 rings (SSSR count). The maximum absolute atomic E-state index is 11.2. The van der Waals surface area contributed by atoms with Crippen LogP contribution in [0, 0.1) is 10.1 Å². The Labute approximate surface area is 96.7 Å². The summed E-state index contributed by atoms with van der Waals surface area (Å²) < 4.78 is 0. The predicted octanol–water partition coefficient (Wildman–Crippen LogP) is 1.81. The highest BCUT2D eigenvalue weighted by Crippen LogP contribution is 2.45. The minimum atomic E-state index is -1.02. The van der Waals surface area contributed by atoms with Crippen LogP contribution in [0.1, 0.15) is 24.8 Å². The van der Waals surface area contributed by atoms with Crippen LogP contribution in [0.4, 0.5) is 5.69 Å². The average Bonchev–Trinajstić information content (AvgIpc) is 2.17. The van der Waals surface area contributed by atoms with Crippen molar-refractivity contribution in [1.29, 1.82) is 0 Å². The smallest absolute Gasteiger partial charge is 0.314 e. The first-order chi connectivity index (χ1) is 7.97. The van der Waals surface area contributed by atoms with Crippen LogP contribution in [-0.2, 0) is 10.2 Å². The van der Waals surface area contributed by atoms with Gasteiger partial charge in [0.1, 0.15) is 0 Å². The van der Waals surface area contributed by atoms with Gasteiger partial charge < -0.3 is 10.2 Å². The molecule has 1 aromatic carbocycles. The van der Waals surface area contributed by atoms with Gasteiger partial charge in [0.2, 0.25) is 0 Å². The highest BCUT2D eigenvalue weighted by Gasteiger charge is 2.46. The minimum absolute atomic E-state index is 0.390. The SMILES string of the molecule is O=C(O)C1(c2ccc(O)c([N+](=O)[O-])c2)CCC1. The van der Waals surface area contributed by atoms with E-state index in [1.807, 2.05) is 0 Å². The van der Waals surface area contributed by atoms with Crippen molar-refractivity contribution in [3.05, 3.63) is 33.9 Å². The zero-order valence-electron chi connectivity index (χ0n) is 8.92. The Hall–Kier alpha value is -2.11. The molecule has 0 bridgehead atoms. The number of nitro benzene ring substituents is 1. The number of aromatic hydroxyl groups is 1. The molecular weight excluding hydrogens is 226 g/mol. The molecule has 0 saturated heterocycles. The second-order valence-electron chi connectivity index (χ2n) is 4.20. The highest BCUT2D eigenvalue weighted by molar-refractivity contribution is 5.83. The number of carboxylic acids is 1. The third-order valence-corrected chi connectivity index (χ3v) is 3.34. The number of carboxylic acid groups (broad SMARTS) is 1. The quantitative estimate of drug-likeness (QED) is 0.616. The van der Waals surface area contributed by atoms with Crippen LogP contribution < -0.4 is 0 Å². The van der Waals surface area contributed by atoms with Crippen molar-refractivity contribution in [2.45, 2.75) is 24.7 Å². The fourth-order valence-electron chi connectivity index (χ4n) is 2.12. The minimum Gasteiger partial charge on any atom is -0.502 e. The lowest BCUT2D eigenvalue weighted by Crippen LogP contribution is -2.42. The van der Waals surface area contributed by atoms with E-state index >= 15 is 0 Å². The summed E-state index contributed by atoms with van der Waals surface area (Å²) in [6.45, 7) is 0. The normalized spacial score (nSPS) is 17.2. The van der Waals surface area contributed by atoms with Crippen LogP contribution in [-0.4, -0.2) is 21.1 Å². The Kier molecular flexibility index (Phi) is 2.49. The molecule has 6 nitrogen and oxygen atoms in total. The molecule has 2 N–H and O–H groups in total. The number of nitrogens with zero attached hydrogens (tertiary/aromatic N) is 1. The lowest BCUT2D eigenvalue weighted by atomic mass is 9.64. The Balaban J connectivity index is 2.49. The van der Waals surface area contributed by atoms with E-state index in [9.17, 15) is 25.1 Å². The summed E-state index contributed by atoms with van der Waals surface area (Å²) >= 11 is 0.